The molecule has 0 radical (unpaired) electrons. The number of carbonyl (C=O) groups excluding carboxylic acids is 1. The fourth-order valence-corrected chi connectivity index (χ4v) is 2.11. The number of aromatic nitrogens is 3. The molecule has 0 fully saturated rings. The number of pyridine rings is 1. The molecule has 0 bridgehead atoms. The Kier molecular flexibility index (Phi) is 3.16. The standard InChI is InChI=1S/C15H14N4O/c1-19-9-8-16-13(19)10-18-15(20)14-12-5-3-2-4-11(12)6-7-17-14/h2-9H,10H2,1H3,(H,18,20). The molecule has 0 atom stereocenters. The molecule has 5 heteroatoms. The van der Waals surface area contributed by atoms with Crippen LogP contribution in [0.3, 0.4) is 0 Å². The number of nitrogens with zero attached hydrogens (tertiary/aromatic N) is 3. The van der Waals surface area contributed by atoms with Crippen molar-refractivity contribution in [2.45, 2.75) is 6.54 Å². The van der Waals surface area contributed by atoms with E-state index in [0.717, 1.165) is 16.6 Å². The van der Waals surface area contributed by atoms with E-state index < -0.39 is 0 Å². The highest BCUT2D eigenvalue weighted by molar-refractivity contribution is 6.05. The van der Waals surface area contributed by atoms with E-state index in [1.165, 1.54) is 0 Å². The summed E-state index contributed by atoms with van der Waals surface area (Å²) in [7, 11) is 1.89. The number of benzene rings is 1. The Morgan fingerprint density at radius 2 is 2.05 bits per heavy atom. The Morgan fingerprint density at radius 3 is 2.85 bits per heavy atom. The number of fused-ring (bicyclic) bond motifs is 1. The summed E-state index contributed by atoms with van der Waals surface area (Å²) in [6, 6.07) is 9.60. The van der Waals surface area contributed by atoms with Crippen LogP contribution in [0.2, 0.25) is 0 Å². The number of rotatable bonds is 3. The lowest BCUT2D eigenvalue weighted by Gasteiger charge is -2.07. The first-order valence-corrected chi connectivity index (χ1v) is 6.34. The second-order valence-corrected chi connectivity index (χ2v) is 4.52. The van der Waals surface area contributed by atoms with Gasteiger partial charge < -0.3 is 9.88 Å². The van der Waals surface area contributed by atoms with Gasteiger partial charge in [-0.05, 0) is 11.5 Å². The van der Waals surface area contributed by atoms with Gasteiger partial charge in [0.05, 0.1) is 6.54 Å². The SMILES string of the molecule is Cn1ccnc1CNC(=O)c1nccc2ccccc12. The van der Waals surface area contributed by atoms with Crippen LogP contribution < -0.4 is 5.32 Å². The molecule has 1 amide bonds. The zero-order valence-electron chi connectivity index (χ0n) is 11.1. The summed E-state index contributed by atoms with van der Waals surface area (Å²) in [6.45, 7) is 0.382. The molecule has 2 heterocycles. The average molecular weight is 266 g/mol. The first-order chi connectivity index (χ1) is 9.75. The van der Waals surface area contributed by atoms with E-state index in [-0.39, 0.29) is 5.91 Å². The lowest BCUT2D eigenvalue weighted by Crippen LogP contribution is -2.25. The van der Waals surface area contributed by atoms with Gasteiger partial charge in [-0.15, -0.1) is 0 Å². The maximum absolute atomic E-state index is 12.3. The van der Waals surface area contributed by atoms with Crippen LogP contribution in [-0.2, 0) is 13.6 Å². The van der Waals surface area contributed by atoms with E-state index in [2.05, 4.69) is 15.3 Å². The minimum atomic E-state index is -0.190. The Balaban J connectivity index is 1.84. The predicted octanol–water partition coefficient (Wildman–Crippen LogP) is 1.90. The van der Waals surface area contributed by atoms with Crippen molar-refractivity contribution >= 4 is 16.7 Å². The molecule has 1 aromatic carbocycles. The lowest BCUT2D eigenvalue weighted by atomic mass is 10.1. The van der Waals surface area contributed by atoms with Crippen molar-refractivity contribution in [2.24, 2.45) is 7.05 Å². The van der Waals surface area contributed by atoms with Crippen LogP contribution in [0.5, 0.6) is 0 Å². The molecule has 0 spiro atoms. The zero-order chi connectivity index (χ0) is 13.9. The third-order valence-corrected chi connectivity index (χ3v) is 3.22. The molecule has 0 saturated heterocycles. The minimum Gasteiger partial charge on any atom is -0.343 e. The van der Waals surface area contributed by atoms with Gasteiger partial charge in [-0.2, -0.15) is 0 Å². The summed E-state index contributed by atoms with van der Waals surface area (Å²) in [5.74, 6) is 0.614. The van der Waals surface area contributed by atoms with Gasteiger partial charge in [-0.25, -0.2) is 4.98 Å². The van der Waals surface area contributed by atoms with Crippen LogP contribution in [0.15, 0.2) is 48.9 Å². The third-order valence-electron chi connectivity index (χ3n) is 3.22. The van der Waals surface area contributed by atoms with E-state index in [0.29, 0.717) is 12.2 Å². The van der Waals surface area contributed by atoms with Crippen LogP contribution in [0.1, 0.15) is 16.3 Å². The highest BCUT2D eigenvalue weighted by Gasteiger charge is 2.11. The average Bonchev–Trinajstić information content (AvgIpc) is 2.89. The molecule has 0 unspecified atom stereocenters. The van der Waals surface area contributed by atoms with Gasteiger partial charge in [-0.1, -0.05) is 24.3 Å². The van der Waals surface area contributed by atoms with Gasteiger partial charge in [0, 0.05) is 31.0 Å². The van der Waals surface area contributed by atoms with Gasteiger partial charge in [0.25, 0.3) is 5.91 Å². The summed E-state index contributed by atoms with van der Waals surface area (Å²) < 4.78 is 1.87. The second-order valence-electron chi connectivity index (χ2n) is 4.52. The van der Waals surface area contributed by atoms with Crippen LogP contribution in [-0.4, -0.2) is 20.4 Å². The van der Waals surface area contributed by atoms with Crippen molar-refractivity contribution < 1.29 is 4.79 Å². The van der Waals surface area contributed by atoms with Crippen molar-refractivity contribution in [3.8, 4) is 0 Å². The van der Waals surface area contributed by atoms with Crippen molar-refractivity contribution in [3.05, 3.63) is 60.4 Å². The van der Waals surface area contributed by atoms with Crippen LogP contribution in [0, 0.1) is 0 Å². The van der Waals surface area contributed by atoms with Gasteiger partial charge >= 0.3 is 0 Å². The predicted molar refractivity (Wildman–Crippen MR) is 76.1 cm³/mol. The first-order valence-electron chi connectivity index (χ1n) is 6.34. The van der Waals surface area contributed by atoms with Crippen molar-refractivity contribution in [2.75, 3.05) is 0 Å². The van der Waals surface area contributed by atoms with Crippen molar-refractivity contribution in [1.29, 1.82) is 0 Å². The summed E-state index contributed by atoms with van der Waals surface area (Å²) in [4.78, 5) is 20.6. The summed E-state index contributed by atoms with van der Waals surface area (Å²) in [5.41, 5.74) is 0.442. The second kappa shape index (κ2) is 5.13. The van der Waals surface area contributed by atoms with Gasteiger partial charge in [0.2, 0.25) is 0 Å². The Morgan fingerprint density at radius 1 is 1.20 bits per heavy atom. The molecule has 0 aliphatic rings. The van der Waals surface area contributed by atoms with Gasteiger partial charge in [-0.3, -0.25) is 9.78 Å². The number of nitrogens with one attached hydrogen (secondary N) is 1. The van der Waals surface area contributed by atoms with Crippen LogP contribution in [0.25, 0.3) is 10.8 Å². The number of amides is 1. The normalized spacial score (nSPS) is 10.7. The van der Waals surface area contributed by atoms with E-state index in [9.17, 15) is 4.79 Å². The number of imidazole rings is 1. The molecule has 0 saturated carbocycles. The summed E-state index contributed by atoms with van der Waals surface area (Å²) >= 11 is 0. The van der Waals surface area contributed by atoms with Crippen LogP contribution in [0.4, 0.5) is 0 Å². The molecular weight excluding hydrogens is 252 g/mol. The molecule has 3 rings (SSSR count). The molecular formula is C15H14N4O. The highest BCUT2D eigenvalue weighted by Crippen LogP contribution is 2.16. The highest BCUT2D eigenvalue weighted by atomic mass is 16.1. The quantitative estimate of drug-likeness (QED) is 0.787. The van der Waals surface area contributed by atoms with E-state index in [4.69, 9.17) is 0 Å². The fraction of sp³-hybridized carbons (Fsp3) is 0.133. The number of carbonyl (C=O) groups is 1. The van der Waals surface area contributed by atoms with Crippen molar-refractivity contribution in [3.63, 3.8) is 0 Å². The van der Waals surface area contributed by atoms with E-state index in [1.54, 1.807) is 12.4 Å². The topological polar surface area (TPSA) is 59.8 Å². The Labute approximate surface area is 116 Å². The molecule has 3 aromatic rings. The van der Waals surface area contributed by atoms with Crippen molar-refractivity contribution in [1.82, 2.24) is 19.9 Å². The third kappa shape index (κ3) is 2.25. The first kappa shape index (κ1) is 12.3. The number of hydrogen-bond acceptors (Lipinski definition) is 3. The molecule has 0 aliphatic carbocycles. The number of hydrogen-bond donors (Lipinski definition) is 1. The smallest absolute Gasteiger partial charge is 0.270 e. The Hall–Kier alpha value is -2.69. The largest absolute Gasteiger partial charge is 0.343 e. The molecule has 1 N–H and O–H groups in total. The molecule has 20 heavy (non-hydrogen) atoms. The molecule has 100 valence electrons. The molecule has 2 aromatic heterocycles. The monoisotopic (exact) mass is 266 g/mol. The maximum Gasteiger partial charge on any atom is 0.270 e. The minimum absolute atomic E-state index is 0.190. The number of aryl methyl sites for hydroxylation is 1. The zero-order valence-corrected chi connectivity index (χ0v) is 11.1. The van der Waals surface area contributed by atoms with Crippen LogP contribution >= 0.6 is 0 Å². The van der Waals surface area contributed by atoms with E-state index in [1.807, 2.05) is 48.1 Å². The van der Waals surface area contributed by atoms with E-state index >= 15 is 0 Å². The van der Waals surface area contributed by atoms with Gasteiger partial charge in [0.15, 0.2) is 0 Å². The van der Waals surface area contributed by atoms with Gasteiger partial charge in [0.1, 0.15) is 11.5 Å². The summed E-state index contributed by atoms with van der Waals surface area (Å²) in [5, 5.41) is 4.71. The fourth-order valence-electron chi connectivity index (χ4n) is 2.11. The lowest BCUT2D eigenvalue weighted by molar-refractivity contribution is 0.0946. The Bertz CT molecular complexity index is 758. The maximum atomic E-state index is 12.3. The molecule has 0 aliphatic heterocycles. The molecule has 5 nitrogen and oxygen atoms in total. The summed E-state index contributed by atoms with van der Waals surface area (Å²) in [6.07, 6.45) is 5.20.